The summed E-state index contributed by atoms with van der Waals surface area (Å²) < 4.78 is 28.8. The maximum atomic E-state index is 13.0. The molecule has 0 saturated carbocycles. The summed E-state index contributed by atoms with van der Waals surface area (Å²) in [5.74, 6) is -2.07. The Morgan fingerprint density at radius 1 is 0.844 bits per heavy atom. The van der Waals surface area contributed by atoms with Crippen molar-refractivity contribution in [1.29, 1.82) is 0 Å². The standard InChI is InChI=1S/C24H20FNO6/c1-30-20-8-4-2-6-18(20)23(28)26-22(27)15-32-24(29)19-7-3-5-9-21(19)31-14-16-10-12-17(25)13-11-16/h2-13H,14-15H2,1H3,(H,26,27,28). The second-order valence-corrected chi connectivity index (χ2v) is 6.57. The van der Waals surface area contributed by atoms with E-state index in [1.165, 1.54) is 31.4 Å². The molecule has 8 heteroatoms. The molecule has 32 heavy (non-hydrogen) atoms. The van der Waals surface area contributed by atoms with Crippen LogP contribution in [0.3, 0.4) is 0 Å². The predicted octanol–water partition coefficient (Wildman–Crippen LogP) is 3.53. The second kappa shape index (κ2) is 10.7. The summed E-state index contributed by atoms with van der Waals surface area (Å²) in [6, 6.07) is 18.5. The van der Waals surface area contributed by atoms with Crippen molar-refractivity contribution >= 4 is 17.8 Å². The average Bonchev–Trinajstić information content (AvgIpc) is 2.82. The number of hydrogen-bond acceptors (Lipinski definition) is 6. The number of para-hydroxylation sites is 2. The first-order chi connectivity index (χ1) is 15.5. The van der Waals surface area contributed by atoms with Crippen LogP contribution in [0, 0.1) is 5.82 Å². The van der Waals surface area contributed by atoms with Crippen molar-refractivity contribution in [3.05, 3.63) is 95.3 Å². The van der Waals surface area contributed by atoms with E-state index in [2.05, 4.69) is 5.32 Å². The van der Waals surface area contributed by atoms with Gasteiger partial charge in [-0.15, -0.1) is 0 Å². The van der Waals surface area contributed by atoms with Gasteiger partial charge in [-0.3, -0.25) is 14.9 Å². The van der Waals surface area contributed by atoms with Crippen molar-refractivity contribution in [3.8, 4) is 11.5 Å². The van der Waals surface area contributed by atoms with E-state index in [4.69, 9.17) is 14.2 Å². The Bertz CT molecular complexity index is 1110. The van der Waals surface area contributed by atoms with Crippen LogP contribution >= 0.6 is 0 Å². The third-order valence-electron chi connectivity index (χ3n) is 4.35. The second-order valence-electron chi connectivity index (χ2n) is 6.57. The van der Waals surface area contributed by atoms with E-state index in [0.717, 1.165) is 0 Å². The van der Waals surface area contributed by atoms with Gasteiger partial charge in [0.2, 0.25) is 0 Å². The van der Waals surface area contributed by atoms with Crippen molar-refractivity contribution < 1.29 is 33.0 Å². The van der Waals surface area contributed by atoms with Gasteiger partial charge in [0.05, 0.1) is 12.7 Å². The van der Waals surface area contributed by atoms with Crippen LogP contribution in [0.25, 0.3) is 0 Å². The fraction of sp³-hybridized carbons (Fsp3) is 0.125. The number of methoxy groups -OCH3 is 1. The Morgan fingerprint density at radius 2 is 1.47 bits per heavy atom. The lowest BCUT2D eigenvalue weighted by Crippen LogP contribution is -2.34. The molecule has 3 aromatic carbocycles. The highest BCUT2D eigenvalue weighted by Gasteiger charge is 2.18. The third-order valence-corrected chi connectivity index (χ3v) is 4.35. The number of amides is 2. The highest BCUT2D eigenvalue weighted by molar-refractivity contribution is 6.07. The molecule has 0 aliphatic rings. The SMILES string of the molecule is COc1ccccc1C(=O)NC(=O)COC(=O)c1ccccc1OCc1ccc(F)cc1. The van der Waals surface area contributed by atoms with Crippen LogP contribution in [0.4, 0.5) is 4.39 Å². The van der Waals surface area contributed by atoms with Gasteiger partial charge in [-0.2, -0.15) is 0 Å². The first-order valence-electron chi connectivity index (χ1n) is 9.58. The normalized spacial score (nSPS) is 10.2. The van der Waals surface area contributed by atoms with E-state index in [1.54, 1.807) is 48.5 Å². The lowest BCUT2D eigenvalue weighted by atomic mass is 10.2. The number of hydrogen-bond donors (Lipinski definition) is 1. The van der Waals surface area contributed by atoms with Crippen molar-refractivity contribution in [2.75, 3.05) is 13.7 Å². The zero-order valence-electron chi connectivity index (χ0n) is 17.2. The minimum Gasteiger partial charge on any atom is -0.496 e. The number of nitrogens with one attached hydrogen (secondary N) is 1. The minimum atomic E-state index is -0.793. The summed E-state index contributed by atoms with van der Waals surface area (Å²) >= 11 is 0. The quantitative estimate of drug-likeness (QED) is 0.542. The summed E-state index contributed by atoms with van der Waals surface area (Å²) in [6.07, 6.45) is 0. The highest BCUT2D eigenvalue weighted by atomic mass is 19.1. The Morgan fingerprint density at radius 3 is 2.16 bits per heavy atom. The van der Waals surface area contributed by atoms with E-state index in [0.29, 0.717) is 11.3 Å². The largest absolute Gasteiger partial charge is 0.496 e. The molecule has 3 aromatic rings. The molecule has 0 unspecified atom stereocenters. The summed E-state index contributed by atoms with van der Waals surface area (Å²) in [4.78, 5) is 36.8. The zero-order chi connectivity index (χ0) is 22.9. The molecule has 3 rings (SSSR count). The third kappa shape index (κ3) is 5.91. The molecule has 0 radical (unpaired) electrons. The van der Waals surface area contributed by atoms with Crippen LogP contribution < -0.4 is 14.8 Å². The van der Waals surface area contributed by atoms with Crippen LogP contribution in [-0.4, -0.2) is 31.5 Å². The van der Waals surface area contributed by atoms with E-state index in [9.17, 15) is 18.8 Å². The Hall–Kier alpha value is -4.20. The van der Waals surface area contributed by atoms with E-state index in [-0.39, 0.29) is 29.3 Å². The molecule has 0 fully saturated rings. The number of rotatable bonds is 8. The van der Waals surface area contributed by atoms with Crippen LogP contribution in [0.1, 0.15) is 26.3 Å². The lowest BCUT2D eigenvalue weighted by Gasteiger charge is -2.12. The highest BCUT2D eigenvalue weighted by Crippen LogP contribution is 2.21. The maximum Gasteiger partial charge on any atom is 0.342 e. The fourth-order valence-corrected chi connectivity index (χ4v) is 2.77. The van der Waals surface area contributed by atoms with Gasteiger partial charge in [-0.05, 0) is 42.0 Å². The smallest absolute Gasteiger partial charge is 0.342 e. The molecule has 7 nitrogen and oxygen atoms in total. The zero-order valence-corrected chi connectivity index (χ0v) is 17.2. The summed E-state index contributed by atoms with van der Waals surface area (Å²) in [7, 11) is 1.41. The van der Waals surface area contributed by atoms with Gasteiger partial charge < -0.3 is 14.2 Å². The van der Waals surface area contributed by atoms with Crippen molar-refractivity contribution in [1.82, 2.24) is 5.32 Å². The molecule has 1 N–H and O–H groups in total. The summed E-state index contributed by atoms with van der Waals surface area (Å²) in [5, 5.41) is 2.15. The summed E-state index contributed by atoms with van der Waals surface area (Å²) in [6.45, 7) is -0.551. The Labute approximate surface area is 183 Å². The van der Waals surface area contributed by atoms with Crippen molar-refractivity contribution in [2.24, 2.45) is 0 Å². The molecular weight excluding hydrogens is 417 g/mol. The molecule has 0 aliphatic carbocycles. The van der Waals surface area contributed by atoms with Gasteiger partial charge in [-0.1, -0.05) is 36.4 Å². The molecule has 0 heterocycles. The first-order valence-corrected chi connectivity index (χ1v) is 9.58. The number of esters is 1. The molecule has 0 saturated heterocycles. The predicted molar refractivity (Wildman–Crippen MR) is 113 cm³/mol. The molecule has 0 bridgehead atoms. The molecular formula is C24H20FNO6. The molecule has 0 aliphatic heterocycles. The van der Waals surface area contributed by atoms with Crippen LogP contribution in [0.15, 0.2) is 72.8 Å². The summed E-state index contributed by atoms with van der Waals surface area (Å²) in [5.41, 5.74) is 0.997. The molecule has 164 valence electrons. The van der Waals surface area contributed by atoms with Gasteiger partial charge in [0.1, 0.15) is 29.5 Å². The van der Waals surface area contributed by atoms with Crippen LogP contribution in [0.2, 0.25) is 0 Å². The van der Waals surface area contributed by atoms with Gasteiger partial charge >= 0.3 is 5.97 Å². The molecule has 0 spiro atoms. The van der Waals surface area contributed by atoms with Crippen LogP contribution in [-0.2, 0) is 16.1 Å². The Balaban J connectivity index is 1.57. The first kappa shape index (κ1) is 22.5. The molecule has 0 atom stereocenters. The van der Waals surface area contributed by atoms with Gasteiger partial charge in [-0.25, -0.2) is 9.18 Å². The van der Waals surface area contributed by atoms with Crippen LogP contribution in [0.5, 0.6) is 11.5 Å². The monoisotopic (exact) mass is 437 g/mol. The van der Waals surface area contributed by atoms with E-state index < -0.39 is 24.4 Å². The fourth-order valence-electron chi connectivity index (χ4n) is 2.77. The topological polar surface area (TPSA) is 90.9 Å². The number of carbonyl (C=O) groups is 3. The minimum absolute atomic E-state index is 0.110. The van der Waals surface area contributed by atoms with Crippen molar-refractivity contribution in [3.63, 3.8) is 0 Å². The van der Waals surface area contributed by atoms with Gasteiger partial charge in [0.15, 0.2) is 6.61 Å². The number of carbonyl (C=O) groups excluding carboxylic acids is 3. The average molecular weight is 437 g/mol. The number of imide groups is 1. The molecule has 0 aromatic heterocycles. The number of benzene rings is 3. The van der Waals surface area contributed by atoms with Gasteiger partial charge in [0, 0.05) is 0 Å². The van der Waals surface area contributed by atoms with E-state index in [1.807, 2.05) is 0 Å². The van der Waals surface area contributed by atoms with Gasteiger partial charge in [0.25, 0.3) is 11.8 Å². The maximum absolute atomic E-state index is 13.0. The molecule has 2 amide bonds. The number of ether oxygens (including phenoxy) is 3. The lowest BCUT2D eigenvalue weighted by molar-refractivity contribution is -0.123. The van der Waals surface area contributed by atoms with Crippen molar-refractivity contribution in [2.45, 2.75) is 6.61 Å². The number of halogens is 1. The Kier molecular flexibility index (Phi) is 7.53. The van der Waals surface area contributed by atoms with E-state index >= 15 is 0 Å².